The summed E-state index contributed by atoms with van der Waals surface area (Å²) in [6.07, 6.45) is 1.52. The number of piperazine rings is 1. The fraction of sp³-hybridized carbons (Fsp3) is 0.550. The van der Waals surface area contributed by atoms with Gasteiger partial charge >= 0.3 is 0 Å². The molecular formula is C20H29ClIN5O3. The molecule has 1 aromatic rings. The summed E-state index contributed by atoms with van der Waals surface area (Å²) < 4.78 is 5.50. The molecule has 2 heterocycles. The van der Waals surface area contributed by atoms with E-state index in [1.807, 2.05) is 4.90 Å². The molecule has 30 heavy (non-hydrogen) atoms. The number of amides is 2. The van der Waals surface area contributed by atoms with Crippen LogP contribution in [0.25, 0.3) is 0 Å². The van der Waals surface area contributed by atoms with Crippen molar-refractivity contribution in [3.63, 3.8) is 0 Å². The molecule has 2 amide bonds. The molecule has 0 aliphatic carbocycles. The number of rotatable bonds is 5. The number of halogens is 2. The summed E-state index contributed by atoms with van der Waals surface area (Å²) in [5.41, 5.74) is 0.464. The maximum Gasteiger partial charge on any atom is 0.252 e. The van der Waals surface area contributed by atoms with Crippen LogP contribution in [0, 0.1) is 0 Å². The number of hydrogen-bond donors (Lipinski definition) is 2. The van der Waals surface area contributed by atoms with Gasteiger partial charge in [0, 0.05) is 52.9 Å². The molecule has 8 nitrogen and oxygen atoms in total. The van der Waals surface area contributed by atoms with Crippen molar-refractivity contribution in [1.82, 2.24) is 20.4 Å². The van der Waals surface area contributed by atoms with E-state index >= 15 is 0 Å². The standard InChI is InChI=1S/C20H28ClN5O3.HI/c1-22-20(24-9-8-23-18(27)15-5-2-3-6-16(15)21)26-12-10-25(11-13-26)19(28)17-7-4-14-29-17;/h2-3,5-6,17H,4,7-14H2,1H3,(H,22,24)(H,23,27);1H. The minimum absolute atomic E-state index is 0. The Bertz CT molecular complexity index is 750. The van der Waals surface area contributed by atoms with Crippen molar-refractivity contribution in [3.8, 4) is 0 Å². The molecule has 2 N–H and O–H groups in total. The maximum absolute atomic E-state index is 12.4. The molecule has 10 heteroatoms. The molecule has 0 radical (unpaired) electrons. The number of nitrogens with one attached hydrogen (secondary N) is 2. The zero-order valence-electron chi connectivity index (χ0n) is 17.1. The van der Waals surface area contributed by atoms with Crippen LogP contribution < -0.4 is 10.6 Å². The van der Waals surface area contributed by atoms with Gasteiger partial charge in [-0.25, -0.2) is 0 Å². The molecule has 1 atom stereocenters. The third kappa shape index (κ3) is 6.45. The Labute approximate surface area is 199 Å². The fourth-order valence-corrected chi connectivity index (χ4v) is 3.76. The van der Waals surface area contributed by atoms with Gasteiger partial charge in [-0.3, -0.25) is 14.6 Å². The quantitative estimate of drug-likeness (QED) is 0.252. The van der Waals surface area contributed by atoms with Gasteiger partial charge < -0.3 is 25.2 Å². The summed E-state index contributed by atoms with van der Waals surface area (Å²) in [6.45, 7) is 4.40. The largest absolute Gasteiger partial charge is 0.368 e. The molecule has 1 aromatic carbocycles. The van der Waals surface area contributed by atoms with Crippen molar-refractivity contribution < 1.29 is 14.3 Å². The van der Waals surface area contributed by atoms with Crippen molar-refractivity contribution in [2.45, 2.75) is 18.9 Å². The van der Waals surface area contributed by atoms with E-state index in [0.29, 0.717) is 56.5 Å². The predicted molar refractivity (Wildman–Crippen MR) is 128 cm³/mol. The lowest BCUT2D eigenvalue weighted by atomic mass is 10.2. The second-order valence-corrected chi connectivity index (χ2v) is 7.43. The van der Waals surface area contributed by atoms with E-state index in [0.717, 1.165) is 18.8 Å². The summed E-state index contributed by atoms with van der Waals surface area (Å²) in [5, 5.41) is 6.54. The van der Waals surface area contributed by atoms with Gasteiger partial charge in [0.15, 0.2) is 5.96 Å². The third-order valence-electron chi connectivity index (χ3n) is 5.12. The Morgan fingerprint density at radius 1 is 1.13 bits per heavy atom. The zero-order valence-corrected chi connectivity index (χ0v) is 20.2. The van der Waals surface area contributed by atoms with E-state index in [1.54, 1.807) is 31.3 Å². The average Bonchev–Trinajstić information content (AvgIpc) is 3.28. The Balaban J connectivity index is 0.00000320. The van der Waals surface area contributed by atoms with Gasteiger partial charge in [0.2, 0.25) is 0 Å². The van der Waals surface area contributed by atoms with Crippen LogP contribution in [-0.2, 0) is 9.53 Å². The summed E-state index contributed by atoms with van der Waals surface area (Å²) in [7, 11) is 1.73. The SMILES string of the molecule is CN=C(NCCNC(=O)c1ccccc1Cl)N1CCN(C(=O)C2CCCO2)CC1.I. The molecular weight excluding hydrogens is 521 g/mol. The zero-order chi connectivity index (χ0) is 20.6. The molecule has 3 rings (SSSR count). The molecule has 0 aromatic heterocycles. The number of aliphatic imine (C=N–C) groups is 1. The number of benzene rings is 1. The van der Waals surface area contributed by atoms with E-state index in [9.17, 15) is 9.59 Å². The lowest BCUT2D eigenvalue weighted by molar-refractivity contribution is -0.142. The molecule has 2 fully saturated rings. The second-order valence-electron chi connectivity index (χ2n) is 7.02. The highest BCUT2D eigenvalue weighted by molar-refractivity contribution is 14.0. The van der Waals surface area contributed by atoms with Crippen LogP contribution in [0.1, 0.15) is 23.2 Å². The van der Waals surface area contributed by atoms with Crippen molar-refractivity contribution in [2.24, 2.45) is 4.99 Å². The van der Waals surface area contributed by atoms with Crippen LogP contribution in [0.5, 0.6) is 0 Å². The maximum atomic E-state index is 12.4. The Hall–Kier alpha value is -1.59. The first-order valence-electron chi connectivity index (χ1n) is 9.99. The number of guanidine groups is 1. The number of hydrogen-bond acceptors (Lipinski definition) is 4. The first-order chi connectivity index (χ1) is 14.1. The molecule has 0 saturated carbocycles. The molecule has 2 saturated heterocycles. The van der Waals surface area contributed by atoms with Gasteiger partial charge in [-0.2, -0.15) is 0 Å². The van der Waals surface area contributed by atoms with E-state index in [2.05, 4.69) is 20.5 Å². The highest BCUT2D eigenvalue weighted by Crippen LogP contribution is 2.16. The monoisotopic (exact) mass is 549 g/mol. The Kier molecular flexibility index (Phi) is 10.1. The van der Waals surface area contributed by atoms with Crippen LogP contribution in [0.3, 0.4) is 0 Å². The van der Waals surface area contributed by atoms with Gasteiger partial charge in [-0.1, -0.05) is 23.7 Å². The first kappa shape index (κ1) is 24.7. The summed E-state index contributed by atoms with van der Waals surface area (Å²) in [6, 6.07) is 6.96. The average molecular weight is 550 g/mol. The van der Waals surface area contributed by atoms with Gasteiger partial charge in [-0.05, 0) is 25.0 Å². The molecule has 0 spiro atoms. The van der Waals surface area contributed by atoms with E-state index in [4.69, 9.17) is 16.3 Å². The molecule has 1 unspecified atom stereocenters. The molecule has 2 aliphatic rings. The number of carbonyl (C=O) groups excluding carboxylic acids is 2. The van der Waals surface area contributed by atoms with Gasteiger partial charge in [0.1, 0.15) is 6.10 Å². The van der Waals surface area contributed by atoms with Gasteiger partial charge in [0.25, 0.3) is 11.8 Å². The number of carbonyl (C=O) groups is 2. The molecule has 2 aliphatic heterocycles. The van der Waals surface area contributed by atoms with E-state index < -0.39 is 0 Å². The summed E-state index contributed by atoms with van der Waals surface area (Å²) in [4.78, 5) is 32.9. The van der Waals surface area contributed by atoms with Crippen LogP contribution >= 0.6 is 35.6 Å². The van der Waals surface area contributed by atoms with E-state index in [1.165, 1.54) is 0 Å². The highest BCUT2D eigenvalue weighted by Gasteiger charge is 2.30. The van der Waals surface area contributed by atoms with E-state index in [-0.39, 0.29) is 41.9 Å². The van der Waals surface area contributed by atoms with Crippen molar-refractivity contribution in [3.05, 3.63) is 34.9 Å². The van der Waals surface area contributed by atoms with Gasteiger partial charge in [0.05, 0.1) is 10.6 Å². The van der Waals surface area contributed by atoms with Crippen LogP contribution in [0.15, 0.2) is 29.3 Å². The molecule has 166 valence electrons. The minimum Gasteiger partial charge on any atom is -0.368 e. The smallest absolute Gasteiger partial charge is 0.252 e. The van der Waals surface area contributed by atoms with Crippen LogP contribution in [0.4, 0.5) is 0 Å². The predicted octanol–water partition coefficient (Wildman–Crippen LogP) is 1.59. The summed E-state index contributed by atoms with van der Waals surface area (Å²) in [5.74, 6) is 0.669. The Morgan fingerprint density at radius 2 is 1.80 bits per heavy atom. The topological polar surface area (TPSA) is 86.3 Å². The van der Waals surface area contributed by atoms with Crippen LogP contribution in [0.2, 0.25) is 5.02 Å². The van der Waals surface area contributed by atoms with Gasteiger partial charge in [-0.15, -0.1) is 24.0 Å². The Morgan fingerprint density at radius 3 is 2.43 bits per heavy atom. The van der Waals surface area contributed by atoms with Crippen molar-refractivity contribution in [2.75, 3.05) is 52.9 Å². The second kappa shape index (κ2) is 12.3. The lowest BCUT2D eigenvalue weighted by Crippen LogP contribution is -2.55. The summed E-state index contributed by atoms with van der Waals surface area (Å²) >= 11 is 6.04. The minimum atomic E-state index is -0.263. The lowest BCUT2D eigenvalue weighted by Gasteiger charge is -2.37. The normalized spacial score (nSPS) is 19.3. The number of ether oxygens (including phenoxy) is 1. The third-order valence-corrected chi connectivity index (χ3v) is 5.45. The van der Waals surface area contributed by atoms with Crippen molar-refractivity contribution in [1.29, 1.82) is 0 Å². The fourth-order valence-electron chi connectivity index (χ4n) is 3.54. The van der Waals surface area contributed by atoms with Crippen LogP contribution in [-0.4, -0.2) is 86.6 Å². The first-order valence-corrected chi connectivity index (χ1v) is 10.4. The molecule has 0 bridgehead atoms. The number of nitrogens with zero attached hydrogens (tertiary/aromatic N) is 3. The highest BCUT2D eigenvalue weighted by atomic mass is 127. The van der Waals surface area contributed by atoms with Crippen molar-refractivity contribution >= 4 is 53.4 Å².